The molecule has 0 unspecified atom stereocenters. The van der Waals surface area contributed by atoms with Crippen LogP contribution in [-0.4, -0.2) is 33.8 Å². The van der Waals surface area contributed by atoms with E-state index < -0.39 is 4.92 Å². The summed E-state index contributed by atoms with van der Waals surface area (Å²) in [5.41, 5.74) is 1.99. The summed E-state index contributed by atoms with van der Waals surface area (Å²) in [5.74, 6) is 0.588. The fraction of sp³-hybridized carbons (Fsp3) is 0.300. The van der Waals surface area contributed by atoms with Crippen molar-refractivity contribution in [1.29, 1.82) is 0 Å². The van der Waals surface area contributed by atoms with Gasteiger partial charge in [-0.05, 0) is 25.0 Å². The molecule has 0 spiro atoms. The lowest BCUT2D eigenvalue weighted by Gasteiger charge is -2.31. The molecular weight excluding hydrogens is 346 g/mol. The number of hydrogen-bond donors (Lipinski definition) is 0. The van der Waals surface area contributed by atoms with Crippen molar-refractivity contribution in [3.05, 3.63) is 70.1 Å². The van der Waals surface area contributed by atoms with E-state index in [2.05, 4.69) is 4.98 Å². The first-order chi connectivity index (χ1) is 13.1. The summed E-state index contributed by atoms with van der Waals surface area (Å²) in [4.78, 5) is 29.8. The SMILES string of the molecule is O=C(Cc1ccccc1[N+](=O)[O-])N1CCC[C@@H](c2nc3ccccc3o2)C1. The summed E-state index contributed by atoms with van der Waals surface area (Å²) in [6.07, 6.45) is 1.78. The zero-order valence-corrected chi connectivity index (χ0v) is 14.7. The Morgan fingerprint density at radius 2 is 2.00 bits per heavy atom. The number of carbonyl (C=O) groups is 1. The van der Waals surface area contributed by atoms with Crippen LogP contribution in [0.15, 0.2) is 52.9 Å². The highest BCUT2D eigenvalue weighted by atomic mass is 16.6. The second-order valence-electron chi connectivity index (χ2n) is 6.76. The minimum atomic E-state index is -0.445. The van der Waals surface area contributed by atoms with Crippen LogP contribution in [0.25, 0.3) is 11.1 Å². The van der Waals surface area contributed by atoms with Crippen molar-refractivity contribution in [3.8, 4) is 0 Å². The van der Waals surface area contributed by atoms with Crippen molar-refractivity contribution in [2.45, 2.75) is 25.2 Å². The van der Waals surface area contributed by atoms with Crippen molar-refractivity contribution in [2.24, 2.45) is 0 Å². The average molecular weight is 365 g/mol. The number of carbonyl (C=O) groups excluding carboxylic acids is 1. The zero-order chi connectivity index (χ0) is 18.8. The van der Waals surface area contributed by atoms with E-state index >= 15 is 0 Å². The standard InChI is InChI=1S/C20H19N3O4/c24-19(12-14-6-1-3-9-17(14)23(25)26)22-11-5-7-15(13-22)20-21-16-8-2-4-10-18(16)27-20/h1-4,6,8-10,15H,5,7,11-13H2/t15-/m1/s1. The number of likely N-dealkylation sites (tertiary alicyclic amines) is 1. The van der Waals surface area contributed by atoms with Crippen LogP contribution in [-0.2, 0) is 11.2 Å². The lowest BCUT2D eigenvalue weighted by Crippen LogP contribution is -2.40. The molecule has 0 radical (unpaired) electrons. The molecule has 1 aliphatic heterocycles. The number of rotatable bonds is 4. The number of benzene rings is 2. The van der Waals surface area contributed by atoms with Crippen molar-refractivity contribution >= 4 is 22.7 Å². The molecule has 1 fully saturated rings. The van der Waals surface area contributed by atoms with Crippen LogP contribution >= 0.6 is 0 Å². The van der Waals surface area contributed by atoms with Gasteiger partial charge in [-0.15, -0.1) is 0 Å². The van der Waals surface area contributed by atoms with Gasteiger partial charge in [0.05, 0.1) is 17.3 Å². The lowest BCUT2D eigenvalue weighted by atomic mass is 9.97. The van der Waals surface area contributed by atoms with Crippen LogP contribution in [0.2, 0.25) is 0 Å². The van der Waals surface area contributed by atoms with Gasteiger partial charge in [-0.2, -0.15) is 0 Å². The highest BCUT2D eigenvalue weighted by Crippen LogP contribution is 2.29. The zero-order valence-electron chi connectivity index (χ0n) is 14.7. The third-order valence-electron chi connectivity index (χ3n) is 4.96. The van der Waals surface area contributed by atoms with Crippen molar-refractivity contribution in [1.82, 2.24) is 9.88 Å². The van der Waals surface area contributed by atoms with E-state index in [1.807, 2.05) is 24.3 Å². The van der Waals surface area contributed by atoms with Gasteiger partial charge < -0.3 is 9.32 Å². The first-order valence-corrected chi connectivity index (χ1v) is 8.97. The normalized spacial score (nSPS) is 17.2. The predicted molar refractivity (Wildman–Crippen MR) is 99.4 cm³/mol. The molecule has 1 saturated heterocycles. The Bertz CT molecular complexity index is 965. The quantitative estimate of drug-likeness (QED) is 0.520. The maximum Gasteiger partial charge on any atom is 0.273 e. The van der Waals surface area contributed by atoms with Crippen LogP contribution in [0.4, 0.5) is 5.69 Å². The Morgan fingerprint density at radius 3 is 2.81 bits per heavy atom. The fourth-order valence-corrected chi connectivity index (χ4v) is 3.58. The molecule has 2 aromatic carbocycles. The van der Waals surface area contributed by atoms with E-state index in [9.17, 15) is 14.9 Å². The molecule has 3 aromatic rings. The Labute approximate surface area is 155 Å². The van der Waals surface area contributed by atoms with E-state index in [1.165, 1.54) is 6.07 Å². The highest BCUT2D eigenvalue weighted by Gasteiger charge is 2.29. The van der Waals surface area contributed by atoms with E-state index in [1.54, 1.807) is 23.1 Å². The van der Waals surface area contributed by atoms with E-state index in [0.29, 0.717) is 24.5 Å². The molecule has 0 saturated carbocycles. The topological polar surface area (TPSA) is 89.5 Å². The second-order valence-corrected chi connectivity index (χ2v) is 6.76. The number of piperidine rings is 1. The van der Waals surface area contributed by atoms with Crippen LogP contribution in [0, 0.1) is 10.1 Å². The van der Waals surface area contributed by atoms with Gasteiger partial charge in [0.25, 0.3) is 5.69 Å². The number of oxazole rings is 1. The van der Waals surface area contributed by atoms with Gasteiger partial charge in [0.15, 0.2) is 11.5 Å². The second kappa shape index (κ2) is 7.19. The number of nitrogens with zero attached hydrogens (tertiary/aromatic N) is 3. The predicted octanol–water partition coefficient (Wildman–Crippen LogP) is 3.68. The van der Waals surface area contributed by atoms with Gasteiger partial charge in [0.1, 0.15) is 5.52 Å². The van der Waals surface area contributed by atoms with Crippen LogP contribution in [0.3, 0.4) is 0 Å². The number of para-hydroxylation sites is 3. The maximum atomic E-state index is 12.7. The minimum absolute atomic E-state index is 0.0154. The van der Waals surface area contributed by atoms with Gasteiger partial charge >= 0.3 is 0 Å². The molecule has 7 nitrogen and oxygen atoms in total. The largest absolute Gasteiger partial charge is 0.440 e. The van der Waals surface area contributed by atoms with E-state index in [-0.39, 0.29) is 23.9 Å². The van der Waals surface area contributed by atoms with Gasteiger partial charge in [-0.25, -0.2) is 4.98 Å². The molecule has 1 amide bonds. The van der Waals surface area contributed by atoms with Gasteiger partial charge in [0.2, 0.25) is 5.91 Å². The Hall–Kier alpha value is -3.22. The highest BCUT2D eigenvalue weighted by molar-refractivity contribution is 5.80. The van der Waals surface area contributed by atoms with E-state index in [0.717, 1.165) is 23.9 Å². The molecule has 2 heterocycles. The number of aromatic nitrogens is 1. The van der Waals surface area contributed by atoms with Gasteiger partial charge in [-0.1, -0.05) is 30.3 Å². The van der Waals surface area contributed by atoms with Crippen LogP contribution in [0.5, 0.6) is 0 Å². The monoisotopic (exact) mass is 365 g/mol. The van der Waals surface area contributed by atoms with Crippen LogP contribution < -0.4 is 0 Å². The summed E-state index contributed by atoms with van der Waals surface area (Å²) in [6.45, 7) is 1.17. The fourth-order valence-electron chi connectivity index (χ4n) is 3.58. The Kier molecular flexibility index (Phi) is 4.58. The molecule has 27 heavy (non-hydrogen) atoms. The smallest absolute Gasteiger partial charge is 0.273 e. The Morgan fingerprint density at radius 1 is 1.22 bits per heavy atom. The third kappa shape index (κ3) is 3.53. The number of hydrogen-bond acceptors (Lipinski definition) is 5. The summed E-state index contributed by atoms with van der Waals surface area (Å²) >= 11 is 0. The van der Waals surface area contributed by atoms with Crippen molar-refractivity contribution in [2.75, 3.05) is 13.1 Å². The van der Waals surface area contributed by atoms with Crippen molar-refractivity contribution < 1.29 is 14.1 Å². The molecule has 1 atom stereocenters. The molecule has 1 aromatic heterocycles. The summed E-state index contributed by atoms with van der Waals surface area (Å²) in [7, 11) is 0. The number of fused-ring (bicyclic) bond motifs is 1. The maximum absolute atomic E-state index is 12.7. The Balaban J connectivity index is 1.49. The summed E-state index contributed by atoms with van der Waals surface area (Å²) < 4.78 is 5.87. The number of amides is 1. The molecule has 0 bridgehead atoms. The molecule has 138 valence electrons. The number of nitro benzene ring substituents is 1. The van der Waals surface area contributed by atoms with Gasteiger partial charge in [0, 0.05) is 24.7 Å². The molecule has 4 rings (SSSR count). The lowest BCUT2D eigenvalue weighted by molar-refractivity contribution is -0.385. The molecule has 0 aliphatic carbocycles. The number of nitro groups is 1. The molecule has 1 aliphatic rings. The van der Waals surface area contributed by atoms with Crippen LogP contribution in [0.1, 0.15) is 30.2 Å². The molecular formula is C20H19N3O4. The van der Waals surface area contributed by atoms with E-state index in [4.69, 9.17) is 4.42 Å². The first kappa shape index (κ1) is 17.2. The third-order valence-corrected chi connectivity index (χ3v) is 4.96. The molecule has 7 heteroatoms. The molecule has 0 N–H and O–H groups in total. The van der Waals surface area contributed by atoms with Crippen molar-refractivity contribution in [3.63, 3.8) is 0 Å². The van der Waals surface area contributed by atoms with Gasteiger partial charge in [-0.3, -0.25) is 14.9 Å². The average Bonchev–Trinajstić information content (AvgIpc) is 3.12. The summed E-state index contributed by atoms with van der Waals surface area (Å²) in [6, 6.07) is 14.0. The first-order valence-electron chi connectivity index (χ1n) is 8.97. The minimum Gasteiger partial charge on any atom is -0.440 e. The summed E-state index contributed by atoms with van der Waals surface area (Å²) in [5, 5.41) is 11.2.